The number of pyridine rings is 1. The minimum atomic E-state index is -0.417. The largest absolute Gasteiger partial charge is 0.450 e. The van der Waals surface area contributed by atoms with E-state index in [0.717, 1.165) is 42.5 Å². The van der Waals surface area contributed by atoms with Gasteiger partial charge in [-0.2, -0.15) is 0 Å². The van der Waals surface area contributed by atoms with E-state index in [2.05, 4.69) is 21.7 Å². The Bertz CT molecular complexity index is 1150. The zero-order chi connectivity index (χ0) is 25.9. The number of halogens is 1. The molecule has 0 spiro atoms. The number of hydrogen-bond donors (Lipinski definition) is 3. The summed E-state index contributed by atoms with van der Waals surface area (Å²) in [5, 5.41) is 16.2. The zero-order valence-electron chi connectivity index (χ0n) is 21.0. The van der Waals surface area contributed by atoms with Crippen LogP contribution in [-0.2, 0) is 9.53 Å². The molecule has 1 aromatic heterocycles. The molecule has 2 aromatic rings. The van der Waals surface area contributed by atoms with Crippen molar-refractivity contribution in [3.8, 4) is 11.1 Å². The van der Waals surface area contributed by atoms with Gasteiger partial charge in [-0.25, -0.2) is 9.18 Å². The number of fused-ring (bicyclic) bond motifs is 2. The topological polar surface area (TPSA) is 101 Å². The van der Waals surface area contributed by atoms with Crippen LogP contribution in [0.15, 0.2) is 48.7 Å². The van der Waals surface area contributed by atoms with E-state index in [1.54, 1.807) is 19.2 Å². The molecular weight excluding hydrogens is 473 g/mol. The highest BCUT2D eigenvalue weighted by Gasteiger charge is 2.53. The first-order valence-electron chi connectivity index (χ1n) is 13.2. The van der Waals surface area contributed by atoms with Crippen LogP contribution in [0.5, 0.6) is 0 Å². The Kier molecular flexibility index (Phi) is 7.55. The van der Waals surface area contributed by atoms with E-state index >= 15 is 0 Å². The third-order valence-electron chi connectivity index (χ3n) is 8.36. The number of benzene rings is 1. The van der Waals surface area contributed by atoms with Crippen molar-refractivity contribution in [3.05, 3.63) is 60.2 Å². The van der Waals surface area contributed by atoms with Gasteiger partial charge in [-0.1, -0.05) is 24.3 Å². The van der Waals surface area contributed by atoms with E-state index in [9.17, 15) is 19.1 Å². The Balaban J connectivity index is 1.35. The number of rotatable bonds is 6. The van der Waals surface area contributed by atoms with Gasteiger partial charge in [-0.15, -0.1) is 0 Å². The van der Waals surface area contributed by atoms with Crippen LogP contribution < -0.4 is 10.6 Å². The van der Waals surface area contributed by atoms with E-state index in [4.69, 9.17) is 4.74 Å². The quantitative estimate of drug-likeness (QED) is 0.545. The van der Waals surface area contributed by atoms with Crippen LogP contribution in [-0.4, -0.2) is 47.4 Å². The van der Waals surface area contributed by atoms with Gasteiger partial charge in [0.25, 0.3) is 0 Å². The highest BCUT2D eigenvalue weighted by atomic mass is 19.1. The van der Waals surface area contributed by atoms with Crippen LogP contribution in [0.25, 0.3) is 17.2 Å². The summed E-state index contributed by atoms with van der Waals surface area (Å²) in [5.74, 6) is 0.0498. The van der Waals surface area contributed by atoms with Crippen LogP contribution >= 0.6 is 0 Å². The molecule has 0 unspecified atom stereocenters. The van der Waals surface area contributed by atoms with Crippen molar-refractivity contribution in [1.29, 1.82) is 0 Å². The van der Waals surface area contributed by atoms with Gasteiger partial charge >= 0.3 is 6.09 Å². The van der Waals surface area contributed by atoms with Crippen molar-refractivity contribution in [2.45, 2.75) is 44.7 Å². The predicted molar refractivity (Wildman–Crippen MR) is 138 cm³/mol. The Labute approximate surface area is 216 Å². The number of carbonyl (C=O) groups excluding carboxylic acids is 2. The number of hydrogen-bond acceptors (Lipinski definition) is 5. The lowest BCUT2D eigenvalue weighted by Gasteiger charge is -2.48. The number of aliphatic hydroxyl groups excluding tert-OH is 1. The maximum absolute atomic E-state index is 13.6. The zero-order valence-corrected chi connectivity index (χ0v) is 21.0. The van der Waals surface area contributed by atoms with E-state index in [-0.39, 0.29) is 48.3 Å². The van der Waals surface area contributed by atoms with Crippen molar-refractivity contribution in [3.63, 3.8) is 0 Å². The Morgan fingerprint density at radius 1 is 1.24 bits per heavy atom. The number of ether oxygens (including phenoxy) is 1. The summed E-state index contributed by atoms with van der Waals surface area (Å²) in [7, 11) is 0. The van der Waals surface area contributed by atoms with Gasteiger partial charge in [-0.3, -0.25) is 9.78 Å². The molecule has 2 saturated carbocycles. The summed E-state index contributed by atoms with van der Waals surface area (Å²) in [6.45, 7) is 1.97. The van der Waals surface area contributed by atoms with Crippen molar-refractivity contribution < 1.29 is 23.8 Å². The van der Waals surface area contributed by atoms with Crippen LogP contribution in [0.2, 0.25) is 0 Å². The summed E-state index contributed by atoms with van der Waals surface area (Å²) < 4.78 is 18.7. The fraction of sp³-hybridized carbons (Fsp3) is 0.483. The first-order chi connectivity index (χ1) is 18.0. The molecule has 2 aliphatic carbocycles. The number of carbonyl (C=O) groups is 2. The van der Waals surface area contributed by atoms with Crippen molar-refractivity contribution in [2.24, 2.45) is 29.6 Å². The number of aliphatic hydroxyl groups is 1. The van der Waals surface area contributed by atoms with Gasteiger partial charge in [0.2, 0.25) is 5.91 Å². The third-order valence-corrected chi connectivity index (χ3v) is 8.36. The molecule has 7 nitrogen and oxygen atoms in total. The first kappa shape index (κ1) is 25.4. The molecule has 3 fully saturated rings. The maximum atomic E-state index is 13.6. The summed E-state index contributed by atoms with van der Waals surface area (Å²) in [5.41, 5.74) is 2.40. The number of nitrogens with zero attached hydrogens (tertiary/aromatic N) is 1. The number of nitrogens with one attached hydrogen (secondary N) is 2. The smallest absolute Gasteiger partial charge is 0.407 e. The highest BCUT2D eigenvalue weighted by molar-refractivity contribution is 5.82. The molecule has 3 aliphatic rings. The summed E-state index contributed by atoms with van der Waals surface area (Å²) in [6.07, 6.45) is 9.01. The van der Waals surface area contributed by atoms with Crippen LogP contribution in [0.3, 0.4) is 0 Å². The van der Waals surface area contributed by atoms with Gasteiger partial charge in [0.1, 0.15) is 5.82 Å². The molecule has 5 rings (SSSR count). The van der Waals surface area contributed by atoms with Crippen molar-refractivity contribution >= 4 is 18.1 Å². The standard InChI is InChI=1S/C29H34FN3O4/c1-2-37-29(36)32-22-9-10-23-19(13-22)14-26-27(25(16-34)28(35)33-26)24(23)11-8-21-7-6-18(15-31-21)17-4-3-5-20(30)12-17/h3-8,11-12,15,19,22-27,34H,2,9-10,13-14,16H2,1H3,(H,32,36)(H,33,35)/t19-,22+,23+,24-,25+,26+,27+/m0/s1. The van der Waals surface area contributed by atoms with E-state index < -0.39 is 5.92 Å². The number of allylic oxidation sites excluding steroid dienone is 1. The van der Waals surface area contributed by atoms with Gasteiger partial charge in [0, 0.05) is 23.8 Å². The second-order valence-corrected chi connectivity index (χ2v) is 10.4. The molecular formula is C29H34FN3O4. The van der Waals surface area contributed by atoms with Crippen molar-refractivity contribution in [2.75, 3.05) is 13.2 Å². The van der Waals surface area contributed by atoms with Crippen molar-refractivity contribution in [1.82, 2.24) is 15.6 Å². The molecule has 196 valence electrons. The second kappa shape index (κ2) is 11.0. The summed E-state index contributed by atoms with van der Waals surface area (Å²) in [4.78, 5) is 29.2. The molecule has 3 N–H and O–H groups in total. The van der Waals surface area contributed by atoms with Crippen LogP contribution in [0.4, 0.5) is 9.18 Å². The normalized spacial score (nSPS) is 30.9. The highest BCUT2D eigenvalue weighted by Crippen LogP contribution is 2.51. The molecule has 1 aromatic carbocycles. The molecule has 7 atom stereocenters. The Morgan fingerprint density at radius 2 is 2.11 bits per heavy atom. The molecule has 2 heterocycles. The molecule has 1 aliphatic heterocycles. The van der Waals surface area contributed by atoms with E-state index in [1.807, 2.05) is 24.3 Å². The molecule has 0 radical (unpaired) electrons. The Morgan fingerprint density at radius 3 is 2.84 bits per heavy atom. The van der Waals surface area contributed by atoms with E-state index in [0.29, 0.717) is 18.4 Å². The second-order valence-electron chi connectivity index (χ2n) is 10.4. The first-order valence-corrected chi connectivity index (χ1v) is 13.2. The lowest BCUT2D eigenvalue weighted by atomic mass is 9.57. The van der Waals surface area contributed by atoms with Gasteiger partial charge in [0.15, 0.2) is 0 Å². The van der Waals surface area contributed by atoms with Gasteiger partial charge in [0.05, 0.1) is 24.8 Å². The lowest BCUT2D eigenvalue weighted by molar-refractivity contribution is -0.124. The lowest BCUT2D eigenvalue weighted by Crippen LogP contribution is -2.50. The monoisotopic (exact) mass is 507 g/mol. The molecule has 0 bridgehead atoms. The molecule has 2 amide bonds. The minimum Gasteiger partial charge on any atom is -0.450 e. The van der Waals surface area contributed by atoms with Crippen LogP contribution in [0, 0.1) is 35.4 Å². The fourth-order valence-corrected chi connectivity index (χ4v) is 6.77. The molecule has 8 heteroatoms. The van der Waals surface area contributed by atoms with Gasteiger partial charge in [-0.05, 0) is 86.1 Å². The van der Waals surface area contributed by atoms with Gasteiger partial charge < -0.3 is 20.5 Å². The predicted octanol–water partition coefficient (Wildman–Crippen LogP) is 4.17. The molecule has 1 saturated heterocycles. The summed E-state index contributed by atoms with van der Waals surface area (Å²) >= 11 is 0. The van der Waals surface area contributed by atoms with Crippen LogP contribution in [0.1, 0.15) is 38.3 Å². The average molecular weight is 508 g/mol. The van der Waals surface area contributed by atoms with E-state index in [1.165, 1.54) is 12.1 Å². The Hall–Kier alpha value is -3.26. The number of amides is 2. The molecule has 37 heavy (non-hydrogen) atoms. The minimum absolute atomic E-state index is 0.00482. The summed E-state index contributed by atoms with van der Waals surface area (Å²) in [6, 6.07) is 10.3. The average Bonchev–Trinajstić information content (AvgIpc) is 3.21. The third kappa shape index (κ3) is 5.39. The number of alkyl carbamates (subject to hydrolysis) is 1. The fourth-order valence-electron chi connectivity index (χ4n) is 6.77. The maximum Gasteiger partial charge on any atom is 0.407 e. The SMILES string of the molecule is CCOC(=O)N[C@@H]1CC[C@@H]2[C@@H](C1)C[C@H]1NC(=O)[C@H](CO)[C@H]1[C@H]2C=Cc1ccc(-c2cccc(F)c2)cn1. The number of aromatic nitrogens is 1.